The van der Waals surface area contributed by atoms with E-state index >= 15 is 0 Å². The van der Waals surface area contributed by atoms with Crippen LogP contribution < -0.4 is 4.84 Å². The van der Waals surface area contributed by atoms with Crippen molar-refractivity contribution in [3.05, 3.63) is 59.8 Å². The van der Waals surface area contributed by atoms with Crippen molar-refractivity contribution < 1.29 is 70.8 Å². The lowest BCUT2D eigenvalue weighted by atomic mass is 9.98. The van der Waals surface area contributed by atoms with E-state index in [4.69, 9.17) is 28.5 Å². The van der Waals surface area contributed by atoms with Crippen molar-refractivity contribution in [2.45, 2.75) is 64.6 Å². The molecule has 0 radical (unpaired) electrons. The fraction of sp³-hybridized carbons (Fsp3) is 0.367. The van der Waals surface area contributed by atoms with Crippen molar-refractivity contribution in [2.75, 3.05) is 6.61 Å². The standard InChI is InChI=1S/C30H28F3NO12/c1-14(35)41-13-24-25(42-15(2)36)26(43-16(3)37)27(44-17(4)38)29(45-24)46-34-22-11-19(18-8-6-5-7-9-18)10-21(30(31,32)33)20(22)12-23(34)28(39)40/h5-12,24-27,29H,13H2,1-4H3,(H,39,40)/t24?,25?,26-,27?,29-/m0/s1. The first-order valence-corrected chi connectivity index (χ1v) is 13.6. The molecule has 0 amide bonds. The monoisotopic (exact) mass is 651 g/mol. The normalized spacial score (nSPS) is 21.2. The summed E-state index contributed by atoms with van der Waals surface area (Å²) in [5, 5.41) is 9.46. The van der Waals surface area contributed by atoms with Crippen LogP contribution in [0.25, 0.3) is 22.0 Å². The minimum Gasteiger partial charge on any atom is -0.476 e. The molecule has 46 heavy (non-hydrogen) atoms. The average Bonchev–Trinajstić information content (AvgIpc) is 3.32. The topological polar surface area (TPSA) is 166 Å². The number of ether oxygens (including phenoxy) is 5. The second kappa shape index (κ2) is 13.5. The molecule has 1 aliphatic heterocycles. The minimum absolute atomic E-state index is 0.0573. The van der Waals surface area contributed by atoms with Crippen LogP contribution in [-0.4, -0.2) is 77.0 Å². The molecular weight excluding hydrogens is 623 g/mol. The SMILES string of the molecule is CC(=O)OCC1O[C@@H](On2c(C(=O)O)cc3c(C(F)(F)F)cc(-c4ccccc4)cc32)C(OC(C)=O)[C@@H](OC(C)=O)C1OC(C)=O. The van der Waals surface area contributed by atoms with E-state index in [9.17, 15) is 42.3 Å². The molecule has 4 rings (SSSR count). The maximum absolute atomic E-state index is 14.3. The highest BCUT2D eigenvalue weighted by Gasteiger charge is 2.54. The Hall–Kier alpha value is -5.12. The summed E-state index contributed by atoms with van der Waals surface area (Å²) in [5.41, 5.74) is -1.89. The number of carbonyl (C=O) groups is 5. The average molecular weight is 652 g/mol. The highest BCUT2D eigenvalue weighted by Crippen LogP contribution is 2.40. The first-order chi connectivity index (χ1) is 21.6. The van der Waals surface area contributed by atoms with Crippen molar-refractivity contribution in [3.63, 3.8) is 0 Å². The summed E-state index contributed by atoms with van der Waals surface area (Å²) in [6, 6.07) is 10.8. The molecule has 0 bridgehead atoms. The molecule has 16 heteroatoms. The van der Waals surface area contributed by atoms with Gasteiger partial charge in [-0.2, -0.15) is 17.9 Å². The summed E-state index contributed by atoms with van der Waals surface area (Å²) in [6.07, 6.45) is -13.3. The molecular formula is C30H28F3NO12. The van der Waals surface area contributed by atoms with E-state index in [0.717, 1.165) is 39.8 Å². The molecule has 1 aliphatic rings. The van der Waals surface area contributed by atoms with Gasteiger partial charge in [-0.1, -0.05) is 30.3 Å². The first-order valence-electron chi connectivity index (χ1n) is 13.6. The van der Waals surface area contributed by atoms with Gasteiger partial charge in [0.1, 0.15) is 12.7 Å². The summed E-state index contributed by atoms with van der Waals surface area (Å²) in [4.78, 5) is 66.1. The van der Waals surface area contributed by atoms with E-state index in [1.807, 2.05) is 0 Å². The number of halogens is 3. The predicted octanol–water partition coefficient (Wildman–Crippen LogP) is 3.54. The molecule has 0 saturated carbocycles. The van der Waals surface area contributed by atoms with E-state index in [1.165, 1.54) is 6.07 Å². The summed E-state index contributed by atoms with van der Waals surface area (Å²) in [5.74, 6) is -5.29. The number of esters is 4. The number of nitrogens with zero attached hydrogens (tertiary/aromatic N) is 1. The van der Waals surface area contributed by atoms with Gasteiger partial charge in [0.25, 0.3) is 6.29 Å². The van der Waals surface area contributed by atoms with Crippen molar-refractivity contribution in [2.24, 2.45) is 0 Å². The number of hydrogen-bond acceptors (Lipinski definition) is 11. The van der Waals surface area contributed by atoms with Gasteiger partial charge in [-0.05, 0) is 29.3 Å². The summed E-state index contributed by atoms with van der Waals surface area (Å²) >= 11 is 0. The second-order valence-electron chi connectivity index (χ2n) is 10.1. The lowest BCUT2D eigenvalue weighted by Crippen LogP contribution is -2.64. The third-order valence-corrected chi connectivity index (χ3v) is 6.67. The Morgan fingerprint density at radius 1 is 0.804 bits per heavy atom. The fourth-order valence-corrected chi connectivity index (χ4v) is 4.95. The van der Waals surface area contributed by atoms with Crippen LogP contribution in [0.1, 0.15) is 43.7 Å². The van der Waals surface area contributed by atoms with Gasteiger partial charge in [-0.25, -0.2) is 4.79 Å². The van der Waals surface area contributed by atoms with Crippen LogP contribution in [0.2, 0.25) is 0 Å². The van der Waals surface area contributed by atoms with Crippen LogP contribution in [0.5, 0.6) is 0 Å². The number of rotatable bonds is 9. The number of carboxylic acid groups (broad SMARTS) is 1. The highest BCUT2D eigenvalue weighted by atomic mass is 19.4. The highest BCUT2D eigenvalue weighted by molar-refractivity contribution is 5.97. The van der Waals surface area contributed by atoms with Crippen LogP contribution in [-0.2, 0) is 49.0 Å². The van der Waals surface area contributed by atoms with E-state index < -0.39 is 90.0 Å². The molecule has 13 nitrogen and oxygen atoms in total. The van der Waals surface area contributed by atoms with Crippen molar-refractivity contribution >= 4 is 40.7 Å². The van der Waals surface area contributed by atoms with Crippen molar-refractivity contribution in [1.29, 1.82) is 0 Å². The Morgan fingerprint density at radius 2 is 1.39 bits per heavy atom. The third-order valence-electron chi connectivity index (χ3n) is 6.67. The van der Waals surface area contributed by atoms with E-state index in [1.54, 1.807) is 30.3 Å². The van der Waals surface area contributed by atoms with Crippen LogP contribution in [0, 0.1) is 0 Å². The fourth-order valence-electron chi connectivity index (χ4n) is 4.95. The van der Waals surface area contributed by atoms with Gasteiger partial charge in [0.2, 0.25) is 6.10 Å². The number of aromatic carboxylic acids is 1. The Morgan fingerprint density at radius 3 is 1.93 bits per heavy atom. The third kappa shape index (κ3) is 7.56. The van der Waals surface area contributed by atoms with Gasteiger partial charge in [0.15, 0.2) is 17.9 Å². The number of benzene rings is 2. The maximum atomic E-state index is 14.3. The quantitative estimate of drug-likeness (QED) is 0.265. The molecule has 5 atom stereocenters. The number of hydrogen-bond donors (Lipinski definition) is 1. The number of aromatic nitrogens is 1. The molecule has 246 valence electrons. The van der Waals surface area contributed by atoms with Gasteiger partial charge in [0, 0.05) is 33.1 Å². The van der Waals surface area contributed by atoms with Crippen LogP contribution in [0.3, 0.4) is 0 Å². The maximum Gasteiger partial charge on any atom is 0.417 e. The molecule has 2 heterocycles. The Labute approximate surface area is 258 Å². The van der Waals surface area contributed by atoms with Crippen LogP contribution >= 0.6 is 0 Å². The molecule has 3 aromatic rings. The zero-order valence-corrected chi connectivity index (χ0v) is 24.7. The van der Waals surface area contributed by atoms with Gasteiger partial charge < -0.3 is 33.6 Å². The summed E-state index contributed by atoms with van der Waals surface area (Å²) in [6.45, 7) is 3.44. The number of carboxylic acids is 1. The number of carbonyl (C=O) groups excluding carboxylic acids is 4. The van der Waals surface area contributed by atoms with Gasteiger partial charge in [0.05, 0.1) is 11.1 Å². The Kier molecular flexibility index (Phi) is 9.89. The molecule has 1 aromatic heterocycles. The second-order valence-corrected chi connectivity index (χ2v) is 10.1. The largest absolute Gasteiger partial charge is 0.476 e. The zero-order valence-electron chi connectivity index (χ0n) is 24.7. The first kappa shape index (κ1) is 33.8. The summed E-state index contributed by atoms with van der Waals surface area (Å²) in [7, 11) is 0. The number of alkyl halides is 3. The van der Waals surface area contributed by atoms with Gasteiger partial charge >= 0.3 is 36.0 Å². The molecule has 2 aromatic carbocycles. The minimum atomic E-state index is -4.93. The molecule has 1 fully saturated rings. The lowest BCUT2D eigenvalue weighted by molar-refractivity contribution is -0.306. The van der Waals surface area contributed by atoms with E-state index in [0.29, 0.717) is 10.3 Å². The molecule has 3 unspecified atom stereocenters. The van der Waals surface area contributed by atoms with Gasteiger partial charge in [-0.3, -0.25) is 19.2 Å². The zero-order chi connectivity index (χ0) is 33.9. The molecule has 1 N–H and O–H groups in total. The van der Waals surface area contributed by atoms with Crippen molar-refractivity contribution in [1.82, 2.24) is 4.73 Å². The predicted molar refractivity (Wildman–Crippen MR) is 148 cm³/mol. The molecule has 0 aliphatic carbocycles. The number of fused-ring (bicyclic) bond motifs is 1. The smallest absolute Gasteiger partial charge is 0.417 e. The van der Waals surface area contributed by atoms with Crippen molar-refractivity contribution in [3.8, 4) is 11.1 Å². The molecule has 0 spiro atoms. The Bertz CT molecular complexity index is 1650. The van der Waals surface area contributed by atoms with Gasteiger partial charge in [-0.15, -0.1) is 0 Å². The molecule has 1 saturated heterocycles. The lowest BCUT2D eigenvalue weighted by Gasteiger charge is -2.43. The van der Waals surface area contributed by atoms with E-state index in [2.05, 4.69) is 0 Å². The van der Waals surface area contributed by atoms with Crippen LogP contribution in [0.4, 0.5) is 13.2 Å². The Balaban J connectivity index is 1.93. The van der Waals surface area contributed by atoms with Crippen LogP contribution in [0.15, 0.2) is 48.5 Å². The summed E-state index contributed by atoms with van der Waals surface area (Å²) < 4.78 is 70.4. The van der Waals surface area contributed by atoms with E-state index in [-0.39, 0.29) is 11.1 Å².